The molecule has 2 aromatic carbocycles. The molecular weight excluding hydrogens is 380 g/mol. The molecule has 4 aromatic rings. The first-order valence-electron chi connectivity index (χ1n) is 9.41. The number of nitrogens with one attached hydrogen (secondary N) is 2. The van der Waals surface area contributed by atoms with E-state index in [-0.39, 0.29) is 24.8 Å². The molecule has 2 aromatic heterocycles. The van der Waals surface area contributed by atoms with Crippen LogP contribution in [-0.4, -0.2) is 37.7 Å². The maximum absolute atomic E-state index is 12.1. The molecule has 2 heterocycles. The number of rotatable bonds is 7. The zero-order chi connectivity index (χ0) is 20.8. The van der Waals surface area contributed by atoms with Gasteiger partial charge >= 0.3 is 0 Å². The third-order valence-corrected chi connectivity index (χ3v) is 4.48. The van der Waals surface area contributed by atoms with E-state index in [0.29, 0.717) is 5.69 Å². The molecule has 30 heavy (non-hydrogen) atoms. The smallest absolute Gasteiger partial charge is 0.243 e. The second-order valence-electron chi connectivity index (χ2n) is 6.65. The Kier molecular flexibility index (Phi) is 5.66. The first-order chi connectivity index (χ1) is 14.7. The van der Waals surface area contributed by atoms with Crippen molar-refractivity contribution in [2.45, 2.75) is 6.42 Å². The van der Waals surface area contributed by atoms with Gasteiger partial charge in [-0.2, -0.15) is 5.10 Å². The molecule has 0 aliphatic heterocycles. The summed E-state index contributed by atoms with van der Waals surface area (Å²) >= 11 is 0. The molecule has 8 heteroatoms. The standard InChI is InChI=1S/C22H20N6O2/c29-21(13-17-3-7-19(8-4-17)27-11-1-2-12-27)24-14-22(30)26-18-5-9-20(10-6-18)28-16-23-15-25-28/h1-12,15-16H,13-14H2,(H,24,29)(H,26,30). The van der Waals surface area contributed by atoms with Gasteiger partial charge in [-0.25, -0.2) is 9.67 Å². The lowest BCUT2D eigenvalue weighted by molar-refractivity contribution is -0.123. The first kappa shape index (κ1) is 19.1. The summed E-state index contributed by atoms with van der Waals surface area (Å²) in [6.45, 7) is -0.0922. The van der Waals surface area contributed by atoms with Crippen LogP contribution in [0.3, 0.4) is 0 Å². The molecule has 2 N–H and O–H groups in total. The van der Waals surface area contributed by atoms with Crippen LogP contribution in [0.4, 0.5) is 5.69 Å². The number of carbonyl (C=O) groups excluding carboxylic acids is 2. The summed E-state index contributed by atoms with van der Waals surface area (Å²) < 4.78 is 3.61. The maximum atomic E-state index is 12.1. The predicted molar refractivity (Wildman–Crippen MR) is 112 cm³/mol. The molecule has 0 aliphatic rings. The lowest BCUT2D eigenvalue weighted by Gasteiger charge is -2.09. The molecule has 0 atom stereocenters. The molecule has 0 aliphatic carbocycles. The van der Waals surface area contributed by atoms with E-state index in [9.17, 15) is 9.59 Å². The van der Waals surface area contributed by atoms with Gasteiger partial charge in [0.05, 0.1) is 18.7 Å². The third kappa shape index (κ3) is 4.79. The van der Waals surface area contributed by atoms with Crippen molar-refractivity contribution < 1.29 is 9.59 Å². The minimum atomic E-state index is -0.292. The van der Waals surface area contributed by atoms with E-state index in [2.05, 4.69) is 20.7 Å². The summed E-state index contributed by atoms with van der Waals surface area (Å²) in [6.07, 6.45) is 7.18. The molecule has 0 unspecified atom stereocenters. The zero-order valence-electron chi connectivity index (χ0n) is 16.1. The van der Waals surface area contributed by atoms with Crippen molar-refractivity contribution in [1.29, 1.82) is 0 Å². The number of hydrogen-bond acceptors (Lipinski definition) is 4. The van der Waals surface area contributed by atoms with Crippen molar-refractivity contribution in [2.24, 2.45) is 0 Å². The topological polar surface area (TPSA) is 93.8 Å². The SMILES string of the molecule is O=C(Cc1ccc(-n2cccc2)cc1)NCC(=O)Nc1ccc(-n2cncn2)cc1. The molecule has 0 saturated carbocycles. The normalized spacial score (nSPS) is 10.5. The number of carbonyl (C=O) groups is 2. The Morgan fingerprint density at radius 1 is 0.867 bits per heavy atom. The quantitative estimate of drug-likeness (QED) is 0.498. The average molecular weight is 400 g/mol. The Balaban J connectivity index is 1.24. The summed E-state index contributed by atoms with van der Waals surface area (Å²) in [6, 6.07) is 18.8. The highest BCUT2D eigenvalue weighted by Gasteiger charge is 2.08. The van der Waals surface area contributed by atoms with Gasteiger partial charge in [-0.1, -0.05) is 12.1 Å². The molecule has 0 bridgehead atoms. The highest BCUT2D eigenvalue weighted by molar-refractivity contribution is 5.94. The van der Waals surface area contributed by atoms with Crippen LogP contribution in [0, 0.1) is 0 Å². The fourth-order valence-electron chi connectivity index (χ4n) is 2.96. The highest BCUT2D eigenvalue weighted by Crippen LogP contribution is 2.12. The van der Waals surface area contributed by atoms with Gasteiger partial charge in [0.2, 0.25) is 11.8 Å². The van der Waals surface area contributed by atoms with E-state index < -0.39 is 0 Å². The number of benzene rings is 2. The van der Waals surface area contributed by atoms with Gasteiger partial charge in [-0.15, -0.1) is 0 Å². The van der Waals surface area contributed by atoms with Crippen molar-refractivity contribution >= 4 is 17.5 Å². The van der Waals surface area contributed by atoms with Crippen LogP contribution >= 0.6 is 0 Å². The minimum Gasteiger partial charge on any atom is -0.347 e. The summed E-state index contributed by atoms with van der Waals surface area (Å²) in [5.41, 5.74) is 3.38. The van der Waals surface area contributed by atoms with Gasteiger partial charge in [-0.05, 0) is 54.1 Å². The molecular formula is C22H20N6O2. The fraction of sp³-hybridized carbons (Fsp3) is 0.0909. The molecule has 0 fully saturated rings. The Labute approximate surface area is 173 Å². The molecule has 150 valence electrons. The van der Waals surface area contributed by atoms with E-state index in [1.165, 1.54) is 6.33 Å². The van der Waals surface area contributed by atoms with Crippen LogP contribution in [0.5, 0.6) is 0 Å². The van der Waals surface area contributed by atoms with E-state index in [1.807, 2.05) is 65.5 Å². The zero-order valence-corrected chi connectivity index (χ0v) is 16.1. The summed E-state index contributed by atoms with van der Waals surface area (Å²) in [7, 11) is 0. The second kappa shape index (κ2) is 8.87. The van der Waals surface area contributed by atoms with Crippen LogP contribution in [0.2, 0.25) is 0 Å². The molecule has 0 saturated heterocycles. The van der Waals surface area contributed by atoms with Crippen LogP contribution in [-0.2, 0) is 16.0 Å². The minimum absolute atomic E-state index is 0.0922. The van der Waals surface area contributed by atoms with E-state index in [4.69, 9.17) is 0 Å². The molecule has 8 nitrogen and oxygen atoms in total. The van der Waals surface area contributed by atoms with Crippen molar-refractivity contribution in [3.8, 4) is 11.4 Å². The Morgan fingerprint density at radius 2 is 1.57 bits per heavy atom. The molecule has 2 amide bonds. The third-order valence-electron chi connectivity index (χ3n) is 4.48. The van der Waals surface area contributed by atoms with Crippen molar-refractivity contribution in [3.05, 3.63) is 91.3 Å². The van der Waals surface area contributed by atoms with E-state index in [1.54, 1.807) is 23.1 Å². The molecule has 4 rings (SSSR count). The Bertz CT molecular complexity index is 1010. The van der Waals surface area contributed by atoms with Crippen LogP contribution in [0.25, 0.3) is 11.4 Å². The van der Waals surface area contributed by atoms with Gasteiger partial charge < -0.3 is 15.2 Å². The number of aromatic nitrogens is 4. The molecule has 0 spiro atoms. The van der Waals surface area contributed by atoms with Crippen molar-refractivity contribution in [1.82, 2.24) is 24.6 Å². The van der Waals surface area contributed by atoms with Gasteiger partial charge in [0.1, 0.15) is 12.7 Å². The Hall–Kier alpha value is -4.20. The maximum Gasteiger partial charge on any atom is 0.243 e. The predicted octanol–water partition coefficient (Wildman–Crippen LogP) is 2.36. The van der Waals surface area contributed by atoms with Crippen molar-refractivity contribution in [3.63, 3.8) is 0 Å². The van der Waals surface area contributed by atoms with Crippen LogP contribution < -0.4 is 10.6 Å². The lowest BCUT2D eigenvalue weighted by Crippen LogP contribution is -2.33. The highest BCUT2D eigenvalue weighted by atomic mass is 16.2. The second-order valence-corrected chi connectivity index (χ2v) is 6.65. The van der Waals surface area contributed by atoms with E-state index in [0.717, 1.165) is 16.9 Å². The number of hydrogen-bond donors (Lipinski definition) is 2. The largest absolute Gasteiger partial charge is 0.347 e. The van der Waals surface area contributed by atoms with Gasteiger partial charge in [0.15, 0.2) is 0 Å². The lowest BCUT2D eigenvalue weighted by atomic mass is 10.1. The number of anilines is 1. The summed E-state index contributed by atoms with van der Waals surface area (Å²) in [5.74, 6) is -0.500. The van der Waals surface area contributed by atoms with Crippen molar-refractivity contribution in [2.75, 3.05) is 11.9 Å². The first-order valence-corrected chi connectivity index (χ1v) is 9.41. The molecule has 0 radical (unpaired) electrons. The summed E-state index contributed by atoms with van der Waals surface area (Å²) in [5, 5.41) is 9.45. The fourth-order valence-corrected chi connectivity index (χ4v) is 2.96. The van der Waals surface area contributed by atoms with Gasteiger partial charge in [0.25, 0.3) is 0 Å². The Morgan fingerprint density at radius 3 is 2.23 bits per heavy atom. The van der Waals surface area contributed by atoms with Crippen LogP contribution in [0.1, 0.15) is 5.56 Å². The average Bonchev–Trinajstić information content (AvgIpc) is 3.48. The van der Waals surface area contributed by atoms with E-state index >= 15 is 0 Å². The van der Waals surface area contributed by atoms with Crippen LogP contribution in [0.15, 0.2) is 85.7 Å². The van der Waals surface area contributed by atoms with Gasteiger partial charge in [0, 0.05) is 23.8 Å². The number of nitrogens with zero attached hydrogens (tertiary/aromatic N) is 4. The summed E-state index contributed by atoms with van der Waals surface area (Å²) in [4.78, 5) is 28.1. The van der Waals surface area contributed by atoms with Gasteiger partial charge in [-0.3, -0.25) is 9.59 Å². The number of amides is 2. The monoisotopic (exact) mass is 400 g/mol.